The van der Waals surface area contributed by atoms with Crippen molar-refractivity contribution in [2.45, 2.75) is 5.79 Å². The molecule has 0 saturated carbocycles. The molecule has 72 valence electrons. The van der Waals surface area contributed by atoms with Crippen molar-refractivity contribution in [3.63, 3.8) is 0 Å². The lowest BCUT2D eigenvalue weighted by Gasteiger charge is -2.29. The molecule has 0 aromatic carbocycles. The molecule has 0 bridgehead atoms. The van der Waals surface area contributed by atoms with Crippen LogP contribution in [0.15, 0.2) is 24.5 Å². The first-order chi connectivity index (χ1) is 6.29. The van der Waals surface area contributed by atoms with E-state index in [-0.39, 0.29) is 6.54 Å². The van der Waals surface area contributed by atoms with Gasteiger partial charge in [-0.25, -0.2) is 0 Å². The van der Waals surface area contributed by atoms with Gasteiger partial charge in [0.25, 0.3) is 0 Å². The van der Waals surface area contributed by atoms with E-state index in [2.05, 4.69) is 4.98 Å². The molecule has 1 aromatic heterocycles. The highest BCUT2D eigenvalue weighted by Crippen LogP contribution is 2.23. The molecule has 1 aromatic rings. The molecule has 0 aliphatic heterocycles. The average molecular weight is 182 g/mol. The molecule has 2 N–H and O–H groups in total. The summed E-state index contributed by atoms with van der Waals surface area (Å²) in [5.74, 6) is -0.867. The van der Waals surface area contributed by atoms with Crippen LogP contribution < -0.4 is 5.73 Å². The minimum Gasteiger partial charge on any atom is -0.348 e. The van der Waals surface area contributed by atoms with Crippen molar-refractivity contribution in [1.82, 2.24) is 4.98 Å². The van der Waals surface area contributed by atoms with Crippen LogP contribution in [0.3, 0.4) is 0 Å². The van der Waals surface area contributed by atoms with Crippen LogP contribution in [0.25, 0.3) is 0 Å². The molecule has 0 aliphatic carbocycles. The zero-order valence-corrected chi connectivity index (χ0v) is 7.86. The van der Waals surface area contributed by atoms with Gasteiger partial charge < -0.3 is 15.2 Å². The summed E-state index contributed by atoms with van der Waals surface area (Å²) in [6, 6.07) is 3.69. The summed E-state index contributed by atoms with van der Waals surface area (Å²) in [6.07, 6.45) is 3.37. The predicted molar refractivity (Wildman–Crippen MR) is 49.0 cm³/mol. The third kappa shape index (κ3) is 1.85. The number of rotatable bonds is 4. The van der Waals surface area contributed by atoms with E-state index in [0.717, 1.165) is 5.56 Å². The third-order valence-corrected chi connectivity index (χ3v) is 2.03. The molecular formula is C9H14N2O2. The lowest BCUT2D eigenvalue weighted by atomic mass is 10.1. The Labute approximate surface area is 77.7 Å². The van der Waals surface area contributed by atoms with Crippen LogP contribution in [-0.2, 0) is 15.3 Å². The number of hydrogen-bond acceptors (Lipinski definition) is 4. The van der Waals surface area contributed by atoms with Gasteiger partial charge in [0.05, 0.1) is 6.54 Å². The first kappa shape index (κ1) is 10.1. The molecular weight excluding hydrogens is 168 g/mol. The van der Waals surface area contributed by atoms with E-state index in [1.165, 1.54) is 0 Å². The van der Waals surface area contributed by atoms with Crippen LogP contribution in [-0.4, -0.2) is 25.7 Å². The van der Waals surface area contributed by atoms with Gasteiger partial charge in [-0.15, -0.1) is 0 Å². The van der Waals surface area contributed by atoms with Gasteiger partial charge in [-0.05, 0) is 6.07 Å². The van der Waals surface area contributed by atoms with Crippen molar-refractivity contribution in [3.05, 3.63) is 30.1 Å². The second kappa shape index (κ2) is 4.32. The Bertz CT molecular complexity index is 239. The lowest BCUT2D eigenvalue weighted by Crippen LogP contribution is -2.38. The molecule has 1 heterocycles. The van der Waals surface area contributed by atoms with Gasteiger partial charge >= 0.3 is 0 Å². The maximum atomic E-state index is 5.58. The van der Waals surface area contributed by atoms with E-state index < -0.39 is 5.79 Å². The average Bonchev–Trinajstić information content (AvgIpc) is 2.23. The van der Waals surface area contributed by atoms with Crippen LogP contribution >= 0.6 is 0 Å². The molecule has 13 heavy (non-hydrogen) atoms. The number of nitrogens with zero attached hydrogens (tertiary/aromatic N) is 1. The summed E-state index contributed by atoms with van der Waals surface area (Å²) >= 11 is 0. The molecule has 0 radical (unpaired) electrons. The number of methoxy groups -OCH3 is 2. The smallest absolute Gasteiger partial charge is 0.208 e. The number of aromatic nitrogens is 1. The monoisotopic (exact) mass is 182 g/mol. The standard InChI is InChI=1S/C9H14N2O2/c1-12-9(7-10,13-2)8-4-3-5-11-6-8/h3-6H,7,10H2,1-2H3. The van der Waals surface area contributed by atoms with Gasteiger partial charge in [-0.1, -0.05) is 6.07 Å². The molecule has 4 nitrogen and oxygen atoms in total. The minimum absolute atomic E-state index is 0.256. The van der Waals surface area contributed by atoms with Crippen molar-refractivity contribution in [3.8, 4) is 0 Å². The van der Waals surface area contributed by atoms with Crippen molar-refractivity contribution in [2.24, 2.45) is 5.73 Å². The molecule has 4 heteroatoms. The van der Waals surface area contributed by atoms with Crippen molar-refractivity contribution in [2.75, 3.05) is 20.8 Å². The highest BCUT2D eigenvalue weighted by molar-refractivity contribution is 5.16. The molecule has 0 spiro atoms. The van der Waals surface area contributed by atoms with Crippen LogP contribution in [0.4, 0.5) is 0 Å². The Balaban J connectivity index is 3.01. The minimum atomic E-state index is -0.867. The summed E-state index contributed by atoms with van der Waals surface area (Å²) in [4.78, 5) is 3.98. The fourth-order valence-electron chi connectivity index (χ4n) is 1.19. The molecule has 0 saturated heterocycles. The predicted octanol–water partition coefficient (Wildman–Crippen LogP) is 0.486. The Kier molecular flexibility index (Phi) is 3.36. The van der Waals surface area contributed by atoms with E-state index in [0.29, 0.717) is 0 Å². The fourth-order valence-corrected chi connectivity index (χ4v) is 1.19. The summed E-state index contributed by atoms with van der Waals surface area (Å²) in [5.41, 5.74) is 6.40. The van der Waals surface area contributed by atoms with E-state index in [1.807, 2.05) is 12.1 Å². The van der Waals surface area contributed by atoms with Crippen LogP contribution in [0.2, 0.25) is 0 Å². The summed E-state index contributed by atoms with van der Waals surface area (Å²) in [6.45, 7) is 0.256. The fraction of sp³-hybridized carbons (Fsp3) is 0.444. The quantitative estimate of drug-likeness (QED) is 0.688. The van der Waals surface area contributed by atoms with Gasteiger partial charge in [0.15, 0.2) is 0 Å². The van der Waals surface area contributed by atoms with E-state index >= 15 is 0 Å². The zero-order chi connectivity index (χ0) is 9.73. The van der Waals surface area contributed by atoms with Gasteiger partial charge in [0.2, 0.25) is 5.79 Å². The lowest BCUT2D eigenvalue weighted by molar-refractivity contribution is -0.208. The number of nitrogens with two attached hydrogens (primary N) is 1. The highest BCUT2D eigenvalue weighted by Gasteiger charge is 2.30. The van der Waals surface area contributed by atoms with Crippen LogP contribution in [0.1, 0.15) is 5.56 Å². The number of hydrogen-bond donors (Lipinski definition) is 1. The topological polar surface area (TPSA) is 57.4 Å². The molecule has 0 atom stereocenters. The molecule has 0 fully saturated rings. The third-order valence-electron chi connectivity index (χ3n) is 2.03. The van der Waals surface area contributed by atoms with Gasteiger partial charge in [-0.2, -0.15) is 0 Å². The van der Waals surface area contributed by atoms with Gasteiger partial charge in [0.1, 0.15) is 0 Å². The second-order valence-corrected chi connectivity index (χ2v) is 2.61. The summed E-state index contributed by atoms with van der Waals surface area (Å²) < 4.78 is 10.5. The summed E-state index contributed by atoms with van der Waals surface area (Å²) in [5, 5.41) is 0. The normalized spacial score (nSPS) is 11.6. The van der Waals surface area contributed by atoms with Gasteiger partial charge in [0, 0.05) is 32.2 Å². The zero-order valence-electron chi connectivity index (χ0n) is 7.86. The van der Waals surface area contributed by atoms with Gasteiger partial charge in [-0.3, -0.25) is 4.98 Å². The second-order valence-electron chi connectivity index (χ2n) is 2.61. The first-order valence-electron chi connectivity index (χ1n) is 4.00. The largest absolute Gasteiger partial charge is 0.348 e. The molecule has 0 aliphatic rings. The highest BCUT2D eigenvalue weighted by atomic mass is 16.7. The van der Waals surface area contributed by atoms with Crippen molar-refractivity contribution in [1.29, 1.82) is 0 Å². The molecule has 0 unspecified atom stereocenters. The number of ether oxygens (including phenoxy) is 2. The first-order valence-corrected chi connectivity index (χ1v) is 4.00. The Hall–Kier alpha value is -0.970. The Morgan fingerprint density at radius 1 is 1.46 bits per heavy atom. The van der Waals surface area contributed by atoms with E-state index in [9.17, 15) is 0 Å². The Morgan fingerprint density at radius 3 is 2.54 bits per heavy atom. The Morgan fingerprint density at radius 2 is 2.15 bits per heavy atom. The van der Waals surface area contributed by atoms with Crippen molar-refractivity contribution < 1.29 is 9.47 Å². The summed E-state index contributed by atoms with van der Waals surface area (Å²) in [7, 11) is 3.12. The van der Waals surface area contributed by atoms with Crippen LogP contribution in [0, 0.1) is 0 Å². The van der Waals surface area contributed by atoms with E-state index in [1.54, 1.807) is 26.6 Å². The molecule has 1 rings (SSSR count). The maximum absolute atomic E-state index is 5.58. The molecule has 0 amide bonds. The van der Waals surface area contributed by atoms with Crippen LogP contribution in [0.5, 0.6) is 0 Å². The SMILES string of the molecule is COC(CN)(OC)c1cccnc1. The number of pyridine rings is 1. The maximum Gasteiger partial charge on any atom is 0.208 e. The van der Waals surface area contributed by atoms with Crippen molar-refractivity contribution >= 4 is 0 Å². The van der Waals surface area contributed by atoms with E-state index in [4.69, 9.17) is 15.2 Å².